The number of halogens is 1. The molecule has 0 fully saturated rings. The predicted octanol–water partition coefficient (Wildman–Crippen LogP) is 2.91. The van der Waals surface area contributed by atoms with Crippen molar-refractivity contribution in [1.82, 2.24) is 9.97 Å². The average molecular weight is 366 g/mol. The molecule has 0 radical (unpaired) electrons. The van der Waals surface area contributed by atoms with Gasteiger partial charge in [-0.1, -0.05) is 22.9 Å². The van der Waals surface area contributed by atoms with Crippen molar-refractivity contribution >= 4 is 33.5 Å². The number of aryl methyl sites for hydroxylation is 1. The van der Waals surface area contributed by atoms with E-state index in [-0.39, 0.29) is 17.7 Å². The third-order valence-electron chi connectivity index (χ3n) is 3.14. The van der Waals surface area contributed by atoms with Gasteiger partial charge in [-0.15, -0.1) is 0 Å². The molecule has 0 aliphatic heterocycles. The van der Waals surface area contributed by atoms with E-state index in [4.69, 9.17) is 4.74 Å². The fraction of sp³-hybridized carbons (Fsp3) is 0.267. The smallest absolute Gasteiger partial charge is 0.338 e. The van der Waals surface area contributed by atoms with E-state index in [1.54, 1.807) is 24.4 Å². The number of anilines is 1. The highest BCUT2D eigenvalue weighted by Crippen LogP contribution is 2.18. The monoisotopic (exact) mass is 365 g/mol. The van der Waals surface area contributed by atoms with Gasteiger partial charge in [-0.05, 0) is 30.2 Å². The van der Waals surface area contributed by atoms with Crippen LogP contribution < -0.4 is 5.32 Å². The van der Waals surface area contributed by atoms with E-state index in [2.05, 4.69) is 31.2 Å². The fourth-order valence-electron chi connectivity index (χ4n) is 2.01. The summed E-state index contributed by atoms with van der Waals surface area (Å²) in [6.45, 7) is 1.93. The number of hydrogen-bond acceptors (Lipinski definition) is 4. The Kier molecular flexibility index (Phi) is 5.32. The minimum Gasteiger partial charge on any atom is -0.465 e. The SMILES string of the molecule is CCc1cc(NC(=O)c2ncc(CBr)[nH]2)ccc1C(=O)OC. The van der Waals surface area contributed by atoms with Crippen molar-refractivity contribution in [3.8, 4) is 0 Å². The molecule has 6 nitrogen and oxygen atoms in total. The second kappa shape index (κ2) is 7.22. The number of imidazole rings is 1. The summed E-state index contributed by atoms with van der Waals surface area (Å²) in [6, 6.07) is 5.07. The van der Waals surface area contributed by atoms with Crippen molar-refractivity contribution in [2.75, 3.05) is 12.4 Å². The number of rotatable bonds is 5. The first-order chi connectivity index (χ1) is 10.6. The maximum atomic E-state index is 12.1. The van der Waals surface area contributed by atoms with Gasteiger partial charge in [0.1, 0.15) is 0 Å². The number of carbonyl (C=O) groups excluding carboxylic acids is 2. The van der Waals surface area contributed by atoms with Gasteiger partial charge in [0.05, 0.1) is 12.7 Å². The van der Waals surface area contributed by atoms with Crippen LogP contribution in [0.25, 0.3) is 0 Å². The topological polar surface area (TPSA) is 84.1 Å². The third kappa shape index (κ3) is 3.54. The molecule has 2 rings (SSSR count). The first-order valence-electron chi connectivity index (χ1n) is 6.71. The Bertz CT molecular complexity index is 697. The highest BCUT2D eigenvalue weighted by molar-refractivity contribution is 9.08. The van der Waals surface area contributed by atoms with Crippen LogP contribution in [0.3, 0.4) is 0 Å². The van der Waals surface area contributed by atoms with E-state index >= 15 is 0 Å². The molecule has 1 aromatic heterocycles. The number of alkyl halides is 1. The minimum absolute atomic E-state index is 0.240. The average Bonchev–Trinajstić information content (AvgIpc) is 3.03. The van der Waals surface area contributed by atoms with Gasteiger partial charge in [0.15, 0.2) is 5.82 Å². The number of benzene rings is 1. The Morgan fingerprint density at radius 3 is 2.77 bits per heavy atom. The summed E-state index contributed by atoms with van der Waals surface area (Å²) in [4.78, 5) is 30.7. The molecule has 0 spiro atoms. The van der Waals surface area contributed by atoms with Crippen molar-refractivity contribution in [2.24, 2.45) is 0 Å². The van der Waals surface area contributed by atoms with Crippen LogP contribution in [0.5, 0.6) is 0 Å². The van der Waals surface area contributed by atoms with E-state index in [1.165, 1.54) is 7.11 Å². The molecule has 0 bridgehead atoms. The number of aromatic amines is 1. The molecule has 2 aromatic rings. The van der Waals surface area contributed by atoms with Crippen molar-refractivity contribution in [2.45, 2.75) is 18.7 Å². The number of hydrogen-bond donors (Lipinski definition) is 2. The van der Waals surface area contributed by atoms with Gasteiger partial charge < -0.3 is 15.0 Å². The van der Waals surface area contributed by atoms with E-state index in [1.807, 2.05) is 6.92 Å². The molecule has 116 valence electrons. The van der Waals surface area contributed by atoms with Crippen LogP contribution in [0.4, 0.5) is 5.69 Å². The Morgan fingerprint density at radius 1 is 1.41 bits per heavy atom. The Balaban J connectivity index is 2.19. The first kappa shape index (κ1) is 16.2. The third-order valence-corrected chi connectivity index (χ3v) is 3.74. The van der Waals surface area contributed by atoms with Crippen LogP contribution in [-0.4, -0.2) is 29.0 Å². The number of aromatic nitrogens is 2. The lowest BCUT2D eigenvalue weighted by Crippen LogP contribution is -2.14. The number of H-pyrrole nitrogens is 1. The number of amides is 1. The molecule has 0 saturated carbocycles. The predicted molar refractivity (Wildman–Crippen MR) is 86.3 cm³/mol. The number of ether oxygens (including phenoxy) is 1. The van der Waals surface area contributed by atoms with Gasteiger partial charge in [-0.25, -0.2) is 9.78 Å². The molecule has 0 aliphatic rings. The van der Waals surface area contributed by atoms with Crippen LogP contribution in [0.1, 0.15) is 39.2 Å². The molecule has 2 N–H and O–H groups in total. The number of carbonyl (C=O) groups is 2. The quantitative estimate of drug-likeness (QED) is 0.630. The summed E-state index contributed by atoms with van der Waals surface area (Å²) >= 11 is 3.29. The van der Waals surface area contributed by atoms with E-state index in [0.29, 0.717) is 23.0 Å². The number of nitrogens with zero attached hydrogens (tertiary/aromatic N) is 1. The molecule has 1 amide bonds. The zero-order valence-corrected chi connectivity index (χ0v) is 13.9. The Morgan fingerprint density at radius 2 is 2.18 bits per heavy atom. The van der Waals surface area contributed by atoms with Gasteiger partial charge in [-0.2, -0.15) is 0 Å². The summed E-state index contributed by atoms with van der Waals surface area (Å²) in [5, 5.41) is 3.35. The second-order valence-electron chi connectivity index (χ2n) is 4.56. The van der Waals surface area contributed by atoms with Crippen LogP contribution in [0.15, 0.2) is 24.4 Å². The molecule has 0 unspecified atom stereocenters. The van der Waals surface area contributed by atoms with Gasteiger partial charge in [0.25, 0.3) is 5.91 Å². The molecule has 0 saturated heterocycles. The fourth-order valence-corrected chi connectivity index (χ4v) is 2.29. The molecular formula is C15H16BrN3O3. The molecule has 7 heteroatoms. The first-order valence-corrected chi connectivity index (χ1v) is 7.83. The van der Waals surface area contributed by atoms with Crippen molar-refractivity contribution in [3.05, 3.63) is 47.0 Å². The van der Waals surface area contributed by atoms with Crippen molar-refractivity contribution < 1.29 is 14.3 Å². The Hall–Kier alpha value is -2.15. The van der Waals surface area contributed by atoms with Gasteiger partial charge in [0.2, 0.25) is 0 Å². The zero-order chi connectivity index (χ0) is 16.1. The lowest BCUT2D eigenvalue weighted by atomic mass is 10.0. The minimum atomic E-state index is -0.386. The number of esters is 1. The Labute approximate surface area is 136 Å². The zero-order valence-electron chi connectivity index (χ0n) is 12.3. The number of nitrogens with one attached hydrogen (secondary N) is 2. The van der Waals surface area contributed by atoms with Crippen molar-refractivity contribution in [3.63, 3.8) is 0 Å². The molecule has 0 aliphatic carbocycles. The summed E-state index contributed by atoms with van der Waals surface area (Å²) in [5.74, 6) is -0.479. The van der Waals surface area contributed by atoms with Gasteiger partial charge in [0, 0.05) is 22.9 Å². The standard InChI is InChI=1S/C15H16BrN3O3/c1-3-9-6-10(4-5-12(9)15(21)22-2)19-14(20)13-17-8-11(7-16)18-13/h4-6,8H,3,7H2,1-2H3,(H,17,18)(H,19,20). The molecule has 22 heavy (non-hydrogen) atoms. The van der Waals surface area contributed by atoms with Gasteiger partial charge >= 0.3 is 5.97 Å². The van der Waals surface area contributed by atoms with E-state index < -0.39 is 0 Å². The van der Waals surface area contributed by atoms with Crippen LogP contribution in [0.2, 0.25) is 0 Å². The van der Waals surface area contributed by atoms with Crippen LogP contribution in [-0.2, 0) is 16.5 Å². The lowest BCUT2D eigenvalue weighted by Gasteiger charge is -2.09. The maximum Gasteiger partial charge on any atom is 0.338 e. The van der Waals surface area contributed by atoms with E-state index in [9.17, 15) is 9.59 Å². The summed E-state index contributed by atoms with van der Waals surface area (Å²) in [7, 11) is 1.34. The van der Waals surface area contributed by atoms with E-state index in [0.717, 1.165) is 11.3 Å². The molecule has 1 aromatic carbocycles. The summed E-state index contributed by atoms with van der Waals surface area (Å²) in [5.41, 5.74) is 2.74. The molecular weight excluding hydrogens is 350 g/mol. The molecule has 0 atom stereocenters. The second-order valence-corrected chi connectivity index (χ2v) is 5.12. The highest BCUT2D eigenvalue weighted by atomic mass is 79.9. The maximum absolute atomic E-state index is 12.1. The highest BCUT2D eigenvalue weighted by Gasteiger charge is 2.14. The molecule has 1 heterocycles. The lowest BCUT2D eigenvalue weighted by molar-refractivity contribution is 0.0599. The summed E-state index contributed by atoms with van der Waals surface area (Å²) < 4.78 is 4.74. The van der Waals surface area contributed by atoms with Crippen LogP contribution >= 0.6 is 15.9 Å². The largest absolute Gasteiger partial charge is 0.465 e. The van der Waals surface area contributed by atoms with Crippen molar-refractivity contribution in [1.29, 1.82) is 0 Å². The van der Waals surface area contributed by atoms with Gasteiger partial charge in [-0.3, -0.25) is 4.79 Å². The van der Waals surface area contributed by atoms with Crippen LogP contribution in [0, 0.1) is 0 Å². The summed E-state index contributed by atoms with van der Waals surface area (Å²) in [6.07, 6.45) is 2.25. The number of methoxy groups -OCH3 is 1. The normalized spacial score (nSPS) is 10.3.